The summed E-state index contributed by atoms with van der Waals surface area (Å²) in [5.41, 5.74) is 1.29. The van der Waals surface area contributed by atoms with Crippen LogP contribution in [-0.4, -0.2) is 91.7 Å². The standard InChI is InChI=1S/C22H29ClN4O3S2/c1-18(22(28)26-11-9-24(10-12-26)17-19-5-3-2-4-6-19)25-13-15-27(16-14-25)32(29,30)21-8-7-20(23)31-21/h2-8,18H,9-17H2,1H3. The lowest BCUT2D eigenvalue weighted by molar-refractivity contribution is -0.138. The number of carbonyl (C=O) groups excluding carboxylic acids is 1. The predicted octanol–water partition coefficient (Wildman–Crippen LogP) is 2.44. The zero-order chi connectivity index (χ0) is 22.7. The monoisotopic (exact) mass is 496 g/mol. The minimum atomic E-state index is -3.52. The van der Waals surface area contributed by atoms with E-state index in [2.05, 4.69) is 34.1 Å². The first-order valence-corrected chi connectivity index (χ1v) is 13.5. The van der Waals surface area contributed by atoms with Crippen molar-refractivity contribution >= 4 is 38.9 Å². The van der Waals surface area contributed by atoms with Gasteiger partial charge in [-0.2, -0.15) is 4.31 Å². The molecular weight excluding hydrogens is 468 g/mol. The zero-order valence-corrected chi connectivity index (χ0v) is 20.6. The van der Waals surface area contributed by atoms with Crippen LogP contribution in [0.4, 0.5) is 0 Å². The van der Waals surface area contributed by atoms with Crippen LogP contribution in [0.2, 0.25) is 4.34 Å². The first-order chi connectivity index (χ1) is 15.3. The molecule has 1 atom stereocenters. The van der Waals surface area contributed by atoms with Crippen molar-refractivity contribution in [2.24, 2.45) is 0 Å². The van der Waals surface area contributed by atoms with Crippen LogP contribution in [0.3, 0.4) is 0 Å². The maximum atomic E-state index is 13.1. The molecule has 3 heterocycles. The number of carbonyl (C=O) groups is 1. The molecule has 0 radical (unpaired) electrons. The Bertz CT molecular complexity index is 1010. The first-order valence-electron chi connectivity index (χ1n) is 10.9. The van der Waals surface area contributed by atoms with Crippen LogP contribution in [0.5, 0.6) is 0 Å². The maximum Gasteiger partial charge on any atom is 0.252 e. The number of amides is 1. The largest absolute Gasteiger partial charge is 0.339 e. The minimum absolute atomic E-state index is 0.130. The van der Waals surface area contributed by atoms with Gasteiger partial charge in [-0.25, -0.2) is 8.42 Å². The lowest BCUT2D eigenvalue weighted by atomic mass is 10.1. The van der Waals surface area contributed by atoms with Gasteiger partial charge in [0.15, 0.2) is 0 Å². The van der Waals surface area contributed by atoms with E-state index < -0.39 is 10.0 Å². The third-order valence-electron chi connectivity index (χ3n) is 6.25. The second-order valence-corrected chi connectivity index (χ2v) is 12.1. The van der Waals surface area contributed by atoms with Crippen molar-refractivity contribution < 1.29 is 13.2 Å². The van der Waals surface area contributed by atoms with Crippen LogP contribution < -0.4 is 0 Å². The Hall–Kier alpha value is -1.49. The molecule has 0 saturated carbocycles. The normalized spacial score (nSPS) is 20.4. The molecule has 0 aliphatic carbocycles. The fraction of sp³-hybridized carbons (Fsp3) is 0.500. The van der Waals surface area contributed by atoms with E-state index in [0.29, 0.717) is 30.5 Å². The van der Waals surface area contributed by atoms with E-state index in [4.69, 9.17) is 11.6 Å². The summed E-state index contributed by atoms with van der Waals surface area (Å²) in [6.45, 7) is 7.85. The smallest absolute Gasteiger partial charge is 0.252 e. The Labute approximate surface area is 199 Å². The van der Waals surface area contributed by atoms with Gasteiger partial charge in [0.1, 0.15) is 4.21 Å². The van der Waals surface area contributed by atoms with E-state index in [9.17, 15) is 13.2 Å². The molecular formula is C22H29ClN4O3S2. The molecule has 32 heavy (non-hydrogen) atoms. The first kappa shape index (κ1) is 23.7. The summed E-state index contributed by atoms with van der Waals surface area (Å²) in [7, 11) is -3.52. The van der Waals surface area contributed by atoms with Gasteiger partial charge in [0.05, 0.1) is 10.4 Å². The van der Waals surface area contributed by atoms with Crippen LogP contribution in [0.15, 0.2) is 46.7 Å². The third-order valence-corrected chi connectivity index (χ3v) is 9.85. The van der Waals surface area contributed by atoms with Crippen molar-refractivity contribution in [3.05, 3.63) is 52.4 Å². The molecule has 0 spiro atoms. The summed E-state index contributed by atoms with van der Waals surface area (Å²) in [5.74, 6) is 0.130. The summed E-state index contributed by atoms with van der Waals surface area (Å²) in [4.78, 5) is 19.5. The molecule has 2 aliphatic rings. The van der Waals surface area contributed by atoms with Crippen molar-refractivity contribution in [2.75, 3.05) is 52.4 Å². The number of rotatable bonds is 6. The molecule has 1 aromatic carbocycles. The molecule has 0 bridgehead atoms. The van der Waals surface area contributed by atoms with E-state index in [0.717, 1.165) is 44.1 Å². The van der Waals surface area contributed by atoms with Crippen molar-refractivity contribution in [3.8, 4) is 0 Å². The van der Waals surface area contributed by atoms with Crippen molar-refractivity contribution in [1.29, 1.82) is 0 Å². The summed E-state index contributed by atoms with van der Waals surface area (Å²) in [6, 6.07) is 13.3. The van der Waals surface area contributed by atoms with Gasteiger partial charge >= 0.3 is 0 Å². The van der Waals surface area contributed by atoms with Gasteiger partial charge in [0.25, 0.3) is 10.0 Å². The Balaban J connectivity index is 1.26. The van der Waals surface area contributed by atoms with Crippen LogP contribution >= 0.6 is 22.9 Å². The van der Waals surface area contributed by atoms with E-state index in [-0.39, 0.29) is 16.2 Å². The molecule has 1 aromatic heterocycles. The number of hydrogen-bond acceptors (Lipinski definition) is 6. The molecule has 2 fully saturated rings. The number of sulfonamides is 1. The van der Waals surface area contributed by atoms with Crippen LogP contribution in [0, 0.1) is 0 Å². The number of halogens is 1. The average Bonchev–Trinajstić information content (AvgIpc) is 3.26. The molecule has 2 aromatic rings. The van der Waals surface area contributed by atoms with Crippen LogP contribution in [0.1, 0.15) is 12.5 Å². The van der Waals surface area contributed by atoms with E-state index in [1.54, 1.807) is 12.1 Å². The second-order valence-electron chi connectivity index (χ2n) is 8.26. The highest BCUT2D eigenvalue weighted by Gasteiger charge is 2.34. The number of piperazine rings is 2. The van der Waals surface area contributed by atoms with Crippen LogP contribution in [0.25, 0.3) is 0 Å². The quantitative estimate of drug-likeness (QED) is 0.614. The van der Waals surface area contributed by atoms with Gasteiger partial charge in [-0.05, 0) is 24.6 Å². The third kappa shape index (κ3) is 5.35. The number of thiophene rings is 1. The van der Waals surface area contributed by atoms with Crippen molar-refractivity contribution in [3.63, 3.8) is 0 Å². The van der Waals surface area contributed by atoms with E-state index in [1.165, 1.54) is 9.87 Å². The average molecular weight is 497 g/mol. The molecule has 7 nitrogen and oxygen atoms in total. The lowest BCUT2D eigenvalue weighted by Crippen LogP contribution is -2.57. The van der Waals surface area contributed by atoms with Gasteiger partial charge in [-0.1, -0.05) is 41.9 Å². The summed E-state index contributed by atoms with van der Waals surface area (Å²) < 4.78 is 27.8. The molecule has 0 N–H and O–H groups in total. The summed E-state index contributed by atoms with van der Waals surface area (Å²) in [6.07, 6.45) is 0. The summed E-state index contributed by atoms with van der Waals surface area (Å²) in [5, 5.41) is 0. The van der Waals surface area contributed by atoms with E-state index >= 15 is 0 Å². The second kappa shape index (κ2) is 10.2. The summed E-state index contributed by atoms with van der Waals surface area (Å²) >= 11 is 6.99. The highest BCUT2D eigenvalue weighted by atomic mass is 35.5. The van der Waals surface area contributed by atoms with Gasteiger partial charge in [0.2, 0.25) is 5.91 Å². The van der Waals surface area contributed by atoms with Gasteiger partial charge in [0, 0.05) is 58.9 Å². The van der Waals surface area contributed by atoms with Gasteiger partial charge in [-0.3, -0.25) is 14.6 Å². The molecule has 174 valence electrons. The van der Waals surface area contributed by atoms with Crippen molar-refractivity contribution in [2.45, 2.75) is 23.7 Å². The van der Waals surface area contributed by atoms with E-state index in [1.807, 2.05) is 17.9 Å². The Morgan fingerprint density at radius 1 is 0.969 bits per heavy atom. The molecule has 2 aliphatic heterocycles. The molecule has 4 rings (SSSR count). The molecule has 2 saturated heterocycles. The highest BCUT2D eigenvalue weighted by Crippen LogP contribution is 2.28. The molecule has 1 unspecified atom stereocenters. The highest BCUT2D eigenvalue weighted by molar-refractivity contribution is 7.91. The fourth-order valence-electron chi connectivity index (χ4n) is 4.28. The number of nitrogens with zero attached hydrogens (tertiary/aromatic N) is 4. The number of hydrogen-bond donors (Lipinski definition) is 0. The van der Waals surface area contributed by atoms with Crippen molar-refractivity contribution in [1.82, 2.24) is 19.0 Å². The Morgan fingerprint density at radius 3 is 2.22 bits per heavy atom. The van der Waals surface area contributed by atoms with Gasteiger partial charge in [-0.15, -0.1) is 11.3 Å². The van der Waals surface area contributed by atoms with Crippen LogP contribution in [-0.2, 0) is 21.4 Å². The van der Waals surface area contributed by atoms with Gasteiger partial charge < -0.3 is 4.90 Å². The maximum absolute atomic E-state index is 13.1. The predicted molar refractivity (Wildman–Crippen MR) is 127 cm³/mol. The lowest BCUT2D eigenvalue weighted by Gasteiger charge is -2.40. The molecule has 10 heteroatoms. The molecule has 1 amide bonds. The SMILES string of the molecule is CC(C(=O)N1CCN(Cc2ccccc2)CC1)N1CCN(S(=O)(=O)c2ccc(Cl)s2)CC1. The topological polar surface area (TPSA) is 64.2 Å². The fourth-order valence-corrected chi connectivity index (χ4v) is 7.34. The Morgan fingerprint density at radius 2 is 1.62 bits per heavy atom. The minimum Gasteiger partial charge on any atom is -0.339 e. The Kier molecular flexibility index (Phi) is 7.54. The zero-order valence-electron chi connectivity index (χ0n) is 18.2. The number of benzene rings is 1.